The molecule has 2 aromatic carbocycles. The minimum Gasteiger partial charge on any atom is -0.491 e. The molecule has 0 fully saturated rings. The van der Waals surface area contributed by atoms with Crippen molar-refractivity contribution in [2.24, 2.45) is 5.73 Å². The van der Waals surface area contributed by atoms with Crippen molar-refractivity contribution in [1.82, 2.24) is 9.97 Å². The molecule has 0 spiro atoms. The van der Waals surface area contributed by atoms with E-state index in [9.17, 15) is 0 Å². The largest absolute Gasteiger partial charge is 0.491 e. The molecule has 2 heterocycles. The van der Waals surface area contributed by atoms with Gasteiger partial charge in [-0.05, 0) is 67.1 Å². The molecular formula is C25H28N4O3. The number of rotatable bonds is 3. The fraction of sp³-hybridized carbons (Fsp3) is 0.360. The van der Waals surface area contributed by atoms with Gasteiger partial charge in [0.15, 0.2) is 0 Å². The van der Waals surface area contributed by atoms with Crippen LogP contribution in [0.15, 0.2) is 42.6 Å². The van der Waals surface area contributed by atoms with E-state index in [1.54, 1.807) is 0 Å². The van der Waals surface area contributed by atoms with E-state index in [-0.39, 0.29) is 0 Å². The van der Waals surface area contributed by atoms with E-state index >= 15 is 0 Å². The zero-order chi connectivity index (χ0) is 21.8. The Bertz CT molecular complexity index is 1100. The van der Waals surface area contributed by atoms with Crippen LogP contribution < -0.4 is 20.5 Å². The summed E-state index contributed by atoms with van der Waals surface area (Å²) in [6.45, 7) is 2.60. The minimum absolute atomic E-state index is 0.466. The third-order valence-corrected chi connectivity index (χ3v) is 5.82. The molecule has 1 aromatic heterocycles. The van der Waals surface area contributed by atoms with Gasteiger partial charge in [0.1, 0.15) is 24.7 Å². The predicted molar refractivity (Wildman–Crippen MR) is 124 cm³/mol. The molecule has 0 saturated carbocycles. The summed E-state index contributed by atoms with van der Waals surface area (Å²) in [4.78, 5) is 9.43. The summed E-state index contributed by atoms with van der Waals surface area (Å²) in [5, 5.41) is 3.35. The zero-order valence-corrected chi connectivity index (χ0v) is 18.1. The molecule has 1 aliphatic heterocycles. The van der Waals surface area contributed by atoms with Crippen molar-refractivity contribution in [3.05, 3.63) is 59.3 Å². The second-order valence-electron chi connectivity index (χ2n) is 8.04. The number of nitrogens with two attached hydrogens (primary N) is 1. The fourth-order valence-corrected chi connectivity index (χ4v) is 4.16. The van der Waals surface area contributed by atoms with E-state index in [2.05, 4.69) is 28.5 Å². The highest BCUT2D eigenvalue weighted by atomic mass is 16.5. The van der Waals surface area contributed by atoms with Crippen LogP contribution in [0.25, 0.3) is 11.3 Å². The highest BCUT2D eigenvalue weighted by molar-refractivity contribution is 5.72. The lowest BCUT2D eigenvalue weighted by atomic mass is 9.90. The van der Waals surface area contributed by atoms with Crippen molar-refractivity contribution >= 4 is 11.6 Å². The van der Waals surface area contributed by atoms with Gasteiger partial charge in [-0.15, -0.1) is 0 Å². The Labute approximate surface area is 187 Å². The molecule has 5 rings (SSSR count). The molecule has 3 N–H and O–H groups in total. The third-order valence-electron chi connectivity index (χ3n) is 5.82. The SMILES string of the molecule is NCCCc1ccc2cc1OCCOCCOc1ccc3c(c1)-c1nc(ncc1CC3)N2. The highest BCUT2D eigenvalue weighted by Gasteiger charge is 2.20. The van der Waals surface area contributed by atoms with Crippen molar-refractivity contribution in [2.75, 3.05) is 38.3 Å². The number of ether oxygens (including phenoxy) is 3. The Morgan fingerprint density at radius 2 is 1.81 bits per heavy atom. The Morgan fingerprint density at radius 3 is 2.72 bits per heavy atom. The summed E-state index contributed by atoms with van der Waals surface area (Å²) in [6, 6.07) is 12.4. The van der Waals surface area contributed by atoms with E-state index in [4.69, 9.17) is 24.9 Å². The van der Waals surface area contributed by atoms with Gasteiger partial charge in [0.25, 0.3) is 0 Å². The second-order valence-corrected chi connectivity index (χ2v) is 8.04. The molecule has 2 aliphatic rings. The first-order chi connectivity index (χ1) is 15.8. The molecule has 0 amide bonds. The molecule has 3 aromatic rings. The van der Waals surface area contributed by atoms with Gasteiger partial charge in [-0.25, -0.2) is 9.97 Å². The van der Waals surface area contributed by atoms with Gasteiger partial charge in [-0.3, -0.25) is 0 Å². The van der Waals surface area contributed by atoms with Gasteiger partial charge in [0, 0.05) is 23.5 Å². The van der Waals surface area contributed by atoms with Crippen LogP contribution in [0.5, 0.6) is 11.5 Å². The van der Waals surface area contributed by atoms with Gasteiger partial charge < -0.3 is 25.3 Å². The van der Waals surface area contributed by atoms with Gasteiger partial charge in [0.2, 0.25) is 5.95 Å². The quantitative estimate of drug-likeness (QED) is 0.652. The van der Waals surface area contributed by atoms with E-state index in [0.717, 1.165) is 65.3 Å². The molecule has 32 heavy (non-hydrogen) atoms. The van der Waals surface area contributed by atoms with E-state index in [0.29, 0.717) is 38.9 Å². The van der Waals surface area contributed by atoms with Gasteiger partial charge in [-0.2, -0.15) is 0 Å². The van der Waals surface area contributed by atoms with Crippen LogP contribution in [0.1, 0.15) is 23.1 Å². The smallest absolute Gasteiger partial charge is 0.227 e. The summed E-state index contributed by atoms with van der Waals surface area (Å²) in [5.74, 6) is 2.22. The first-order valence-electron chi connectivity index (χ1n) is 11.2. The highest BCUT2D eigenvalue weighted by Crippen LogP contribution is 2.35. The molecule has 166 valence electrons. The van der Waals surface area contributed by atoms with Gasteiger partial charge in [-0.1, -0.05) is 12.1 Å². The normalized spacial score (nSPS) is 15.3. The fourth-order valence-electron chi connectivity index (χ4n) is 4.16. The second kappa shape index (κ2) is 9.54. The first-order valence-corrected chi connectivity index (χ1v) is 11.2. The molecule has 6 bridgehead atoms. The van der Waals surface area contributed by atoms with E-state index < -0.39 is 0 Å². The standard InChI is InChI=1S/C25H28N4O3/c26-9-1-2-18-5-7-20-14-23(18)32-13-11-30-10-12-31-21-8-6-17-3-4-19-16-27-25(28-20)29-24(19)22(17)15-21/h5-8,14-16H,1-4,9-13,26H2,(H,27,28,29). The molecule has 1 aliphatic carbocycles. The molecule has 0 unspecified atom stereocenters. The number of aromatic nitrogens is 2. The Morgan fingerprint density at radius 1 is 0.938 bits per heavy atom. The summed E-state index contributed by atoms with van der Waals surface area (Å²) in [6.07, 6.45) is 5.62. The lowest BCUT2D eigenvalue weighted by Gasteiger charge is -2.20. The minimum atomic E-state index is 0.466. The van der Waals surface area contributed by atoms with Crippen LogP contribution in [-0.2, 0) is 24.0 Å². The van der Waals surface area contributed by atoms with Crippen LogP contribution in [-0.4, -0.2) is 42.9 Å². The Hall–Kier alpha value is -3.16. The van der Waals surface area contributed by atoms with Crippen LogP contribution >= 0.6 is 0 Å². The maximum atomic E-state index is 6.05. The number of nitrogens with one attached hydrogen (secondary N) is 1. The summed E-state index contributed by atoms with van der Waals surface area (Å²) in [5.41, 5.74) is 12.2. The molecule has 0 atom stereocenters. The number of aryl methyl sites for hydroxylation is 3. The van der Waals surface area contributed by atoms with Crippen molar-refractivity contribution in [1.29, 1.82) is 0 Å². The maximum Gasteiger partial charge on any atom is 0.227 e. The number of nitrogens with zero attached hydrogens (tertiary/aromatic N) is 2. The van der Waals surface area contributed by atoms with E-state index in [1.165, 1.54) is 5.56 Å². The summed E-state index contributed by atoms with van der Waals surface area (Å²) in [7, 11) is 0. The van der Waals surface area contributed by atoms with Gasteiger partial charge in [0.05, 0.1) is 18.9 Å². The molecule has 7 heteroatoms. The maximum absolute atomic E-state index is 6.05. The number of anilines is 2. The zero-order valence-electron chi connectivity index (χ0n) is 18.1. The topological polar surface area (TPSA) is 91.5 Å². The van der Waals surface area contributed by atoms with E-state index in [1.807, 2.05) is 24.4 Å². The van der Waals surface area contributed by atoms with Crippen LogP contribution in [0, 0.1) is 0 Å². The van der Waals surface area contributed by atoms with Crippen LogP contribution in [0.3, 0.4) is 0 Å². The Balaban J connectivity index is 1.51. The van der Waals surface area contributed by atoms with Crippen molar-refractivity contribution < 1.29 is 14.2 Å². The number of hydrogen-bond acceptors (Lipinski definition) is 7. The number of hydrogen-bond donors (Lipinski definition) is 2. The van der Waals surface area contributed by atoms with Crippen LogP contribution in [0.4, 0.5) is 11.6 Å². The van der Waals surface area contributed by atoms with Gasteiger partial charge >= 0.3 is 0 Å². The predicted octanol–water partition coefficient (Wildman–Crippen LogP) is 3.66. The van der Waals surface area contributed by atoms with Crippen LogP contribution in [0.2, 0.25) is 0 Å². The molecule has 0 radical (unpaired) electrons. The molecule has 7 nitrogen and oxygen atoms in total. The summed E-state index contributed by atoms with van der Waals surface area (Å²) < 4.78 is 17.7. The Kier molecular flexibility index (Phi) is 6.18. The lowest BCUT2D eigenvalue weighted by Crippen LogP contribution is -2.13. The average Bonchev–Trinajstić information content (AvgIpc) is 2.82. The monoisotopic (exact) mass is 432 g/mol. The van der Waals surface area contributed by atoms with Crippen molar-refractivity contribution in [3.63, 3.8) is 0 Å². The molecule has 0 saturated heterocycles. The first kappa shape index (κ1) is 20.7. The average molecular weight is 433 g/mol. The summed E-state index contributed by atoms with van der Waals surface area (Å²) >= 11 is 0. The van der Waals surface area contributed by atoms with Crippen molar-refractivity contribution in [3.8, 4) is 22.8 Å². The van der Waals surface area contributed by atoms with Crippen molar-refractivity contribution in [2.45, 2.75) is 25.7 Å². The number of fused-ring (bicyclic) bond motifs is 4. The molecular weight excluding hydrogens is 404 g/mol. The number of benzene rings is 2. The third kappa shape index (κ3) is 4.54. The lowest BCUT2D eigenvalue weighted by molar-refractivity contribution is 0.0762.